The predicted molar refractivity (Wildman–Crippen MR) is 62.6 cm³/mol. The molecule has 1 aromatic carbocycles. The van der Waals surface area contributed by atoms with Gasteiger partial charge in [0.2, 0.25) is 5.91 Å². The maximum Gasteiger partial charge on any atom is 0.216 e. The maximum absolute atomic E-state index is 13.2. The van der Waals surface area contributed by atoms with Crippen LogP contribution in [0.1, 0.15) is 18.6 Å². The predicted octanol–water partition coefficient (Wildman–Crippen LogP) is 0.365. The number of nitrogens with one attached hydrogen (secondary N) is 1. The molecule has 0 radical (unpaired) electrons. The second-order valence-corrected chi connectivity index (χ2v) is 3.87. The highest BCUT2D eigenvalue weighted by atomic mass is 19.1. The van der Waals surface area contributed by atoms with Crippen molar-refractivity contribution in [2.45, 2.75) is 19.1 Å². The molecule has 18 heavy (non-hydrogen) atoms. The van der Waals surface area contributed by atoms with Gasteiger partial charge in [-0.1, -0.05) is 0 Å². The van der Waals surface area contributed by atoms with Crippen LogP contribution in [0.3, 0.4) is 0 Å². The number of rotatable bonds is 5. The van der Waals surface area contributed by atoms with Gasteiger partial charge in [-0.25, -0.2) is 4.39 Å². The molecule has 0 saturated carbocycles. The third kappa shape index (κ3) is 3.97. The molecular weight excluding hydrogens is 241 g/mol. The van der Waals surface area contributed by atoms with Crippen LogP contribution < -0.4 is 10.1 Å². The van der Waals surface area contributed by atoms with Crippen molar-refractivity contribution >= 4 is 5.91 Å². The number of aliphatic hydroxyl groups excluding tert-OH is 2. The highest BCUT2D eigenvalue weighted by Gasteiger charge is 2.20. The first kappa shape index (κ1) is 14.4. The van der Waals surface area contributed by atoms with Crippen LogP contribution >= 0.6 is 0 Å². The quantitative estimate of drug-likeness (QED) is 0.712. The Morgan fingerprint density at radius 3 is 2.67 bits per heavy atom. The van der Waals surface area contributed by atoms with Gasteiger partial charge in [0.25, 0.3) is 0 Å². The zero-order valence-electron chi connectivity index (χ0n) is 10.2. The SMILES string of the molecule is COc1cc(F)cc(C(O)C(O)CNC(C)=O)c1. The van der Waals surface area contributed by atoms with Gasteiger partial charge in [0.15, 0.2) is 0 Å². The first-order valence-corrected chi connectivity index (χ1v) is 5.39. The van der Waals surface area contributed by atoms with Crippen molar-refractivity contribution in [1.82, 2.24) is 5.32 Å². The van der Waals surface area contributed by atoms with E-state index in [9.17, 15) is 19.4 Å². The van der Waals surface area contributed by atoms with Crippen molar-refractivity contribution in [2.24, 2.45) is 0 Å². The topological polar surface area (TPSA) is 78.8 Å². The fourth-order valence-corrected chi connectivity index (χ4v) is 1.46. The van der Waals surface area contributed by atoms with Crippen molar-refractivity contribution in [2.75, 3.05) is 13.7 Å². The van der Waals surface area contributed by atoms with Crippen LogP contribution in [0.15, 0.2) is 18.2 Å². The van der Waals surface area contributed by atoms with E-state index in [1.165, 1.54) is 20.1 Å². The molecule has 5 nitrogen and oxygen atoms in total. The number of amides is 1. The van der Waals surface area contributed by atoms with E-state index < -0.39 is 18.0 Å². The molecule has 0 saturated heterocycles. The number of hydrogen-bond acceptors (Lipinski definition) is 4. The normalized spacial score (nSPS) is 13.8. The Balaban J connectivity index is 2.79. The van der Waals surface area contributed by atoms with Gasteiger partial charge < -0.3 is 20.3 Å². The highest BCUT2D eigenvalue weighted by Crippen LogP contribution is 2.23. The Kier molecular flexibility index (Phi) is 5.06. The fourth-order valence-electron chi connectivity index (χ4n) is 1.46. The van der Waals surface area contributed by atoms with E-state index in [-0.39, 0.29) is 23.8 Å². The van der Waals surface area contributed by atoms with Gasteiger partial charge in [0, 0.05) is 19.5 Å². The van der Waals surface area contributed by atoms with Crippen molar-refractivity contribution in [3.63, 3.8) is 0 Å². The average Bonchev–Trinajstić information content (AvgIpc) is 2.34. The first-order chi connectivity index (χ1) is 8.43. The standard InChI is InChI=1S/C12H16FNO4/c1-7(15)14-6-11(16)12(17)8-3-9(13)5-10(4-8)18-2/h3-5,11-12,16-17H,6H2,1-2H3,(H,14,15). The van der Waals surface area contributed by atoms with Crippen LogP contribution in [0.2, 0.25) is 0 Å². The molecule has 2 unspecified atom stereocenters. The number of carbonyl (C=O) groups is 1. The van der Waals surface area contributed by atoms with Crippen molar-refractivity contribution in [3.8, 4) is 5.75 Å². The van der Waals surface area contributed by atoms with E-state index in [0.717, 1.165) is 12.1 Å². The molecule has 6 heteroatoms. The molecule has 0 bridgehead atoms. The van der Waals surface area contributed by atoms with Crippen molar-refractivity contribution in [1.29, 1.82) is 0 Å². The van der Waals surface area contributed by atoms with Crippen LogP contribution in [0.4, 0.5) is 4.39 Å². The number of benzene rings is 1. The zero-order chi connectivity index (χ0) is 13.7. The summed E-state index contributed by atoms with van der Waals surface area (Å²) in [6, 6.07) is 3.69. The van der Waals surface area contributed by atoms with E-state index >= 15 is 0 Å². The second-order valence-electron chi connectivity index (χ2n) is 3.87. The molecule has 0 fully saturated rings. The smallest absolute Gasteiger partial charge is 0.216 e. The highest BCUT2D eigenvalue weighted by molar-refractivity contribution is 5.72. The van der Waals surface area contributed by atoms with Crippen molar-refractivity contribution < 1.29 is 24.1 Å². The Morgan fingerprint density at radius 2 is 2.11 bits per heavy atom. The van der Waals surface area contributed by atoms with Crippen LogP contribution in [-0.2, 0) is 4.79 Å². The minimum Gasteiger partial charge on any atom is -0.497 e. The summed E-state index contributed by atoms with van der Waals surface area (Å²) in [5.74, 6) is -0.649. The number of aliphatic hydroxyl groups is 2. The summed E-state index contributed by atoms with van der Waals surface area (Å²) in [5.41, 5.74) is 0.185. The monoisotopic (exact) mass is 257 g/mol. The molecule has 0 aliphatic carbocycles. The molecule has 0 spiro atoms. The second kappa shape index (κ2) is 6.32. The molecule has 3 N–H and O–H groups in total. The molecule has 0 heterocycles. The summed E-state index contributed by atoms with van der Waals surface area (Å²) in [5, 5.41) is 21.8. The van der Waals surface area contributed by atoms with Crippen LogP contribution in [-0.4, -0.2) is 35.9 Å². The molecule has 100 valence electrons. The maximum atomic E-state index is 13.2. The number of halogens is 1. The van der Waals surface area contributed by atoms with E-state index in [2.05, 4.69) is 5.32 Å². The lowest BCUT2D eigenvalue weighted by Gasteiger charge is -2.19. The van der Waals surface area contributed by atoms with Gasteiger partial charge >= 0.3 is 0 Å². The summed E-state index contributed by atoms with van der Waals surface area (Å²) in [6.07, 6.45) is -2.53. The Labute approximate surface area is 104 Å². The average molecular weight is 257 g/mol. The molecule has 1 aromatic rings. The third-order valence-electron chi connectivity index (χ3n) is 2.40. The van der Waals surface area contributed by atoms with Gasteiger partial charge in [0.1, 0.15) is 23.8 Å². The molecule has 1 amide bonds. The van der Waals surface area contributed by atoms with Crippen LogP contribution in [0.5, 0.6) is 5.75 Å². The lowest BCUT2D eigenvalue weighted by Crippen LogP contribution is -2.34. The van der Waals surface area contributed by atoms with E-state index in [1.54, 1.807) is 0 Å². The molecule has 0 aromatic heterocycles. The molecule has 0 aliphatic rings. The van der Waals surface area contributed by atoms with Gasteiger partial charge in [-0.2, -0.15) is 0 Å². The molecule has 2 atom stereocenters. The Morgan fingerprint density at radius 1 is 1.44 bits per heavy atom. The summed E-state index contributed by atoms with van der Waals surface area (Å²) < 4.78 is 18.1. The van der Waals surface area contributed by atoms with Crippen LogP contribution in [0.25, 0.3) is 0 Å². The Bertz CT molecular complexity index is 425. The largest absolute Gasteiger partial charge is 0.497 e. The van der Waals surface area contributed by atoms with Gasteiger partial charge in [0.05, 0.1) is 7.11 Å². The fraction of sp³-hybridized carbons (Fsp3) is 0.417. The summed E-state index contributed by atoms with van der Waals surface area (Å²) in [4.78, 5) is 10.7. The molecular formula is C12H16FNO4. The minimum atomic E-state index is -1.30. The van der Waals surface area contributed by atoms with Gasteiger partial charge in [-0.05, 0) is 17.7 Å². The van der Waals surface area contributed by atoms with E-state index in [1.807, 2.05) is 0 Å². The summed E-state index contributed by atoms with van der Waals surface area (Å²) >= 11 is 0. The summed E-state index contributed by atoms with van der Waals surface area (Å²) in [7, 11) is 1.37. The number of carbonyl (C=O) groups excluding carboxylic acids is 1. The van der Waals surface area contributed by atoms with E-state index in [0.29, 0.717) is 0 Å². The van der Waals surface area contributed by atoms with Crippen LogP contribution in [0, 0.1) is 5.82 Å². The lowest BCUT2D eigenvalue weighted by molar-refractivity contribution is -0.119. The third-order valence-corrected chi connectivity index (χ3v) is 2.40. The zero-order valence-corrected chi connectivity index (χ0v) is 10.2. The van der Waals surface area contributed by atoms with Gasteiger partial charge in [-0.15, -0.1) is 0 Å². The number of methoxy groups -OCH3 is 1. The molecule has 1 rings (SSSR count). The summed E-state index contributed by atoms with van der Waals surface area (Å²) in [6.45, 7) is 1.18. The Hall–Kier alpha value is -1.66. The number of hydrogen-bond donors (Lipinski definition) is 3. The van der Waals surface area contributed by atoms with E-state index in [4.69, 9.17) is 4.74 Å². The van der Waals surface area contributed by atoms with Crippen molar-refractivity contribution in [3.05, 3.63) is 29.6 Å². The van der Waals surface area contributed by atoms with Gasteiger partial charge in [-0.3, -0.25) is 4.79 Å². The lowest BCUT2D eigenvalue weighted by atomic mass is 10.0. The number of ether oxygens (including phenoxy) is 1. The minimum absolute atomic E-state index is 0.116. The molecule has 0 aliphatic heterocycles. The first-order valence-electron chi connectivity index (χ1n) is 5.39.